The second kappa shape index (κ2) is 18.1. The number of hydrogen-bond acceptors (Lipinski definition) is 8. The van der Waals surface area contributed by atoms with Crippen LogP contribution in [0.1, 0.15) is 38.8 Å². The Morgan fingerprint density at radius 2 is 0.909 bits per heavy atom. The van der Waals surface area contributed by atoms with Crippen LogP contribution in [0.5, 0.6) is 0 Å². The number of amides is 4. The van der Waals surface area contributed by atoms with Crippen molar-refractivity contribution in [2.24, 2.45) is 11.8 Å². The number of likely N-dealkylation sites (N-methyl/N-ethyl adjacent to an activating group) is 2. The van der Waals surface area contributed by atoms with Crippen molar-refractivity contribution in [3.05, 3.63) is 71.8 Å². The lowest BCUT2D eigenvalue weighted by Crippen LogP contribution is -2.60. The molecule has 6 N–H and O–H groups in total. The molecule has 12 heteroatoms. The third kappa shape index (κ3) is 10.7. The van der Waals surface area contributed by atoms with E-state index in [-0.39, 0.29) is 25.0 Å². The van der Waals surface area contributed by atoms with Crippen LogP contribution in [-0.2, 0) is 41.9 Å². The third-order valence-corrected chi connectivity index (χ3v) is 7.02. The molecule has 0 aliphatic heterocycles. The first-order chi connectivity index (χ1) is 20.9. The summed E-state index contributed by atoms with van der Waals surface area (Å²) in [7, 11) is 2.87. The highest BCUT2D eigenvalue weighted by Gasteiger charge is 2.42. The molecule has 0 aliphatic rings. The number of carbonyl (C=O) groups is 4. The maximum absolute atomic E-state index is 13.5. The van der Waals surface area contributed by atoms with E-state index in [0.717, 1.165) is 0 Å². The van der Waals surface area contributed by atoms with E-state index >= 15 is 0 Å². The maximum Gasteiger partial charge on any atom is 0.252 e. The Balaban J connectivity index is 2.42. The molecule has 0 saturated heterocycles. The van der Waals surface area contributed by atoms with E-state index in [4.69, 9.17) is 9.47 Å². The predicted octanol–water partition coefficient (Wildman–Crippen LogP) is 0.653. The number of ether oxygens (including phenoxy) is 2. The summed E-state index contributed by atoms with van der Waals surface area (Å²) in [4.78, 5) is 52.0. The Kier molecular flexibility index (Phi) is 14.9. The van der Waals surface area contributed by atoms with E-state index in [1.165, 1.54) is 14.1 Å². The molecule has 6 atom stereocenters. The number of benzene rings is 2. The summed E-state index contributed by atoms with van der Waals surface area (Å²) >= 11 is 0. The Hall–Kier alpha value is -3.84. The Labute approximate surface area is 258 Å². The lowest BCUT2D eigenvalue weighted by molar-refractivity contribution is -0.171. The number of nitrogens with one attached hydrogen (secondary N) is 4. The van der Waals surface area contributed by atoms with Crippen LogP contribution in [-0.4, -0.2) is 84.4 Å². The largest absolute Gasteiger partial charge is 0.387 e. The van der Waals surface area contributed by atoms with Crippen LogP contribution < -0.4 is 21.3 Å². The maximum atomic E-state index is 13.5. The molecule has 2 aromatic rings. The van der Waals surface area contributed by atoms with E-state index in [9.17, 15) is 29.4 Å². The van der Waals surface area contributed by atoms with Crippen molar-refractivity contribution in [2.45, 2.75) is 77.4 Å². The van der Waals surface area contributed by atoms with Crippen LogP contribution in [0.15, 0.2) is 60.7 Å². The fourth-order valence-corrected chi connectivity index (χ4v) is 4.39. The minimum atomic E-state index is -1.99. The molecule has 0 heterocycles. The van der Waals surface area contributed by atoms with Gasteiger partial charge in [-0.05, 0) is 23.0 Å². The highest BCUT2D eigenvalue weighted by molar-refractivity contribution is 5.91. The first-order valence-electron chi connectivity index (χ1n) is 14.6. The van der Waals surface area contributed by atoms with Gasteiger partial charge < -0.3 is 41.0 Å². The average Bonchev–Trinajstić information content (AvgIpc) is 3.02. The molecule has 2 rings (SSSR count). The molecule has 2 aromatic carbocycles. The van der Waals surface area contributed by atoms with Crippen molar-refractivity contribution in [3.63, 3.8) is 0 Å². The summed E-state index contributed by atoms with van der Waals surface area (Å²) in [6.45, 7) is 6.70. The van der Waals surface area contributed by atoms with E-state index in [1.807, 2.05) is 0 Å². The smallest absolute Gasteiger partial charge is 0.252 e. The van der Waals surface area contributed by atoms with E-state index in [2.05, 4.69) is 21.3 Å². The van der Waals surface area contributed by atoms with Gasteiger partial charge in [0.2, 0.25) is 11.8 Å². The van der Waals surface area contributed by atoms with Gasteiger partial charge >= 0.3 is 0 Å². The van der Waals surface area contributed by atoms with E-state index < -0.39 is 60.1 Å². The van der Waals surface area contributed by atoms with Crippen molar-refractivity contribution in [3.8, 4) is 0 Å². The monoisotopic (exact) mass is 614 g/mol. The highest BCUT2D eigenvalue weighted by atomic mass is 16.5. The lowest BCUT2D eigenvalue weighted by atomic mass is 9.98. The minimum absolute atomic E-state index is 0.122. The van der Waals surface area contributed by atoms with E-state index in [1.54, 1.807) is 88.4 Å². The van der Waals surface area contributed by atoms with Crippen LogP contribution in [0.4, 0.5) is 0 Å². The van der Waals surface area contributed by atoms with Crippen molar-refractivity contribution in [2.75, 3.05) is 14.1 Å². The predicted molar refractivity (Wildman–Crippen MR) is 164 cm³/mol. The van der Waals surface area contributed by atoms with Crippen molar-refractivity contribution >= 4 is 23.6 Å². The third-order valence-electron chi connectivity index (χ3n) is 7.02. The van der Waals surface area contributed by atoms with Gasteiger partial charge in [-0.15, -0.1) is 0 Å². The number of hydrogen-bond donors (Lipinski definition) is 6. The van der Waals surface area contributed by atoms with Gasteiger partial charge in [-0.25, -0.2) is 0 Å². The fraction of sp³-hybridized carbons (Fsp3) is 0.500. The summed E-state index contributed by atoms with van der Waals surface area (Å²) in [5, 5.41) is 33.0. The molecule has 0 fully saturated rings. The van der Waals surface area contributed by atoms with Gasteiger partial charge in [0.1, 0.15) is 24.3 Å². The number of aliphatic hydroxyl groups excluding tert-OH is 2. The van der Waals surface area contributed by atoms with Gasteiger partial charge in [-0.2, -0.15) is 0 Å². The SMILES string of the molecule is CNC(=O)[C@@H](NC(=O)[C@H](OCc1ccccc1)[C@H](O)[C@@H](O)[C@@H](OCc1ccccc1)C(=O)N[C@@H](C(=O)NC)C(C)C)C(C)C. The number of rotatable bonds is 17. The second-order valence-electron chi connectivity index (χ2n) is 11.1. The zero-order valence-electron chi connectivity index (χ0n) is 26.2. The molecule has 0 aliphatic carbocycles. The van der Waals surface area contributed by atoms with Gasteiger partial charge in [0, 0.05) is 14.1 Å². The Morgan fingerprint density at radius 3 is 1.18 bits per heavy atom. The Bertz CT molecular complexity index is 1100. The summed E-state index contributed by atoms with van der Waals surface area (Å²) < 4.78 is 11.7. The van der Waals surface area contributed by atoms with Gasteiger partial charge in [-0.1, -0.05) is 88.4 Å². The van der Waals surface area contributed by atoms with Crippen LogP contribution in [0.3, 0.4) is 0 Å². The van der Waals surface area contributed by atoms with E-state index in [0.29, 0.717) is 11.1 Å². The van der Waals surface area contributed by atoms with Crippen LogP contribution >= 0.6 is 0 Å². The normalized spacial score (nSPS) is 15.4. The van der Waals surface area contributed by atoms with Crippen LogP contribution in [0.2, 0.25) is 0 Å². The summed E-state index contributed by atoms with van der Waals surface area (Å²) in [6.07, 6.45) is -7.40. The molecule has 0 bridgehead atoms. The standard InChI is InChI=1S/C32H46N4O8/c1-19(2)23(29(39)33-5)35-31(41)27(43-17-21-13-9-7-10-14-21)25(37)26(38)28(44-18-22-15-11-8-12-16-22)32(42)36-24(20(3)4)30(40)34-6/h7-16,19-20,23-28,37-38H,17-18H2,1-6H3,(H,33,39)(H,34,40)(H,35,41)(H,36,42)/t23-,24+,25-,26-,27-,28-/m1/s1. The molecule has 242 valence electrons. The molecule has 4 amide bonds. The van der Waals surface area contributed by atoms with Gasteiger partial charge in [0.15, 0.2) is 12.2 Å². The lowest BCUT2D eigenvalue weighted by Gasteiger charge is -2.32. The quantitative estimate of drug-likeness (QED) is 0.151. The molecule has 44 heavy (non-hydrogen) atoms. The van der Waals surface area contributed by atoms with Gasteiger partial charge in [0.25, 0.3) is 11.8 Å². The molecule has 12 nitrogen and oxygen atoms in total. The first-order valence-corrected chi connectivity index (χ1v) is 14.6. The molecule has 0 saturated carbocycles. The highest BCUT2D eigenvalue weighted by Crippen LogP contribution is 2.17. The molecular weight excluding hydrogens is 568 g/mol. The topological polar surface area (TPSA) is 175 Å². The Morgan fingerprint density at radius 1 is 0.591 bits per heavy atom. The molecule has 0 radical (unpaired) electrons. The summed E-state index contributed by atoms with van der Waals surface area (Å²) in [5.41, 5.74) is 1.36. The molecule has 0 unspecified atom stereocenters. The van der Waals surface area contributed by atoms with Crippen LogP contribution in [0.25, 0.3) is 0 Å². The first kappa shape index (κ1) is 36.4. The number of carbonyl (C=O) groups excluding carboxylic acids is 4. The van der Waals surface area contributed by atoms with Crippen LogP contribution in [0, 0.1) is 11.8 Å². The average molecular weight is 615 g/mol. The van der Waals surface area contributed by atoms with Gasteiger partial charge in [0.05, 0.1) is 13.2 Å². The fourth-order valence-electron chi connectivity index (χ4n) is 4.39. The van der Waals surface area contributed by atoms with Gasteiger partial charge in [-0.3, -0.25) is 19.2 Å². The zero-order valence-corrected chi connectivity index (χ0v) is 26.2. The van der Waals surface area contributed by atoms with Crippen molar-refractivity contribution < 1.29 is 38.9 Å². The van der Waals surface area contributed by atoms with Crippen molar-refractivity contribution in [1.82, 2.24) is 21.3 Å². The van der Waals surface area contributed by atoms with Crippen molar-refractivity contribution in [1.29, 1.82) is 0 Å². The molecule has 0 spiro atoms. The minimum Gasteiger partial charge on any atom is -0.387 e. The second-order valence-corrected chi connectivity index (χ2v) is 11.1. The zero-order chi connectivity index (χ0) is 32.8. The molecular formula is C32H46N4O8. The summed E-state index contributed by atoms with van der Waals surface area (Å²) in [6, 6.07) is 15.8. The number of aliphatic hydroxyl groups is 2. The molecule has 0 aromatic heterocycles. The summed E-state index contributed by atoms with van der Waals surface area (Å²) in [5.74, 6) is -3.29.